The predicted octanol–water partition coefficient (Wildman–Crippen LogP) is 3.36. The standard InChI is InChI=1S/C12H15BrClNO.ClH/c1-8-4-9(14)5-12(13)11(8)6-10-7-15-2-3-16-10;/h4-5,10,15H,2-3,6-7H2,1H3;1H. The molecule has 1 heterocycles. The third-order valence-electron chi connectivity index (χ3n) is 2.82. The lowest BCUT2D eigenvalue weighted by molar-refractivity contribution is 0.0290. The van der Waals surface area contributed by atoms with Crippen molar-refractivity contribution < 1.29 is 4.74 Å². The largest absolute Gasteiger partial charge is 0.375 e. The molecule has 1 saturated heterocycles. The van der Waals surface area contributed by atoms with Gasteiger partial charge in [0.25, 0.3) is 0 Å². The van der Waals surface area contributed by atoms with Crippen molar-refractivity contribution in [1.82, 2.24) is 5.32 Å². The summed E-state index contributed by atoms with van der Waals surface area (Å²) in [7, 11) is 0. The van der Waals surface area contributed by atoms with E-state index in [1.807, 2.05) is 12.1 Å². The fraction of sp³-hybridized carbons (Fsp3) is 0.500. The molecule has 1 aliphatic heterocycles. The predicted molar refractivity (Wildman–Crippen MR) is 77.5 cm³/mol. The van der Waals surface area contributed by atoms with Gasteiger partial charge in [-0.05, 0) is 30.2 Å². The van der Waals surface area contributed by atoms with E-state index in [0.717, 1.165) is 35.6 Å². The van der Waals surface area contributed by atoms with Crippen molar-refractivity contribution in [2.45, 2.75) is 19.4 Å². The van der Waals surface area contributed by atoms with Crippen molar-refractivity contribution in [3.05, 3.63) is 32.8 Å². The number of benzene rings is 1. The minimum atomic E-state index is 0. The second kappa shape index (κ2) is 6.95. The van der Waals surface area contributed by atoms with Gasteiger partial charge in [-0.3, -0.25) is 0 Å². The van der Waals surface area contributed by atoms with Crippen LogP contribution in [0.15, 0.2) is 16.6 Å². The van der Waals surface area contributed by atoms with Crippen LogP contribution in [0, 0.1) is 6.92 Å². The summed E-state index contributed by atoms with van der Waals surface area (Å²) < 4.78 is 6.78. The molecule has 5 heteroatoms. The molecule has 0 radical (unpaired) electrons. The number of hydrogen-bond acceptors (Lipinski definition) is 2. The van der Waals surface area contributed by atoms with Gasteiger partial charge in [0.1, 0.15) is 0 Å². The zero-order chi connectivity index (χ0) is 11.5. The van der Waals surface area contributed by atoms with Gasteiger partial charge >= 0.3 is 0 Å². The summed E-state index contributed by atoms with van der Waals surface area (Å²) in [5.41, 5.74) is 2.51. The van der Waals surface area contributed by atoms with E-state index in [1.165, 1.54) is 11.1 Å². The van der Waals surface area contributed by atoms with Gasteiger partial charge in [-0.15, -0.1) is 12.4 Å². The lowest BCUT2D eigenvalue weighted by Crippen LogP contribution is -2.39. The maximum absolute atomic E-state index is 5.99. The molecule has 0 amide bonds. The minimum Gasteiger partial charge on any atom is -0.375 e. The molecular weight excluding hydrogens is 325 g/mol. The number of nitrogens with one attached hydrogen (secondary N) is 1. The van der Waals surface area contributed by atoms with Crippen molar-refractivity contribution >= 4 is 39.9 Å². The Kier molecular flexibility index (Phi) is 6.24. The highest BCUT2D eigenvalue weighted by Crippen LogP contribution is 2.27. The number of ether oxygens (including phenoxy) is 1. The Morgan fingerprint density at radius 2 is 2.29 bits per heavy atom. The Hall–Kier alpha value is 0.200. The summed E-state index contributed by atoms with van der Waals surface area (Å²) in [5, 5.41) is 4.11. The molecule has 2 nitrogen and oxygen atoms in total. The molecule has 1 unspecified atom stereocenters. The fourth-order valence-electron chi connectivity index (χ4n) is 1.97. The average molecular weight is 341 g/mol. The van der Waals surface area contributed by atoms with E-state index in [-0.39, 0.29) is 18.5 Å². The van der Waals surface area contributed by atoms with E-state index >= 15 is 0 Å². The van der Waals surface area contributed by atoms with Crippen LogP contribution in [0.5, 0.6) is 0 Å². The first-order chi connectivity index (χ1) is 7.66. The maximum Gasteiger partial charge on any atom is 0.0740 e. The molecule has 0 spiro atoms. The van der Waals surface area contributed by atoms with Gasteiger partial charge < -0.3 is 10.1 Å². The van der Waals surface area contributed by atoms with Crippen LogP contribution in [-0.4, -0.2) is 25.8 Å². The van der Waals surface area contributed by atoms with E-state index in [9.17, 15) is 0 Å². The third-order valence-corrected chi connectivity index (χ3v) is 3.75. The van der Waals surface area contributed by atoms with E-state index < -0.39 is 0 Å². The topological polar surface area (TPSA) is 21.3 Å². The fourth-order valence-corrected chi connectivity index (χ4v) is 3.09. The minimum absolute atomic E-state index is 0. The molecule has 1 aliphatic rings. The van der Waals surface area contributed by atoms with Crippen LogP contribution in [-0.2, 0) is 11.2 Å². The lowest BCUT2D eigenvalue weighted by Gasteiger charge is -2.24. The number of aryl methyl sites for hydroxylation is 1. The second-order valence-corrected chi connectivity index (χ2v) is 5.37. The molecule has 1 aromatic carbocycles. The van der Waals surface area contributed by atoms with Crippen LogP contribution in [0.4, 0.5) is 0 Å². The maximum atomic E-state index is 5.99. The van der Waals surface area contributed by atoms with Crippen LogP contribution in [0.3, 0.4) is 0 Å². The summed E-state index contributed by atoms with van der Waals surface area (Å²) in [6.07, 6.45) is 1.20. The van der Waals surface area contributed by atoms with Gasteiger partial charge in [-0.1, -0.05) is 27.5 Å². The highest BCUT2D eigenvalue weighted by molar-refractivity contribution is 9.10. The van der Waals surface area contributed by atoms with Crippen LogP contribution in [0.25, 0.3) is 0 Å². The SMILES string of the molecule is Cc1cc(Cl)cc(Br)c1CC1CNCCO1.Cl. The summed E-state index contributed by atoms with van der Waals surface area (Å²) in [4.78, 5) is 0. The summed E-state index contributed by atoms with van der Waals surface area (Å²) in [6.45, 7) is 4.77. The van der Waals surface area contributed by atoms with Crippen LogP contribution < -0.4 is 5.32 Å². The zero-order valence-corrected chi connectivity index (χ0v) is 12.8. The third kappa shape index (κ3) is 4.11. The van der Waals surface area contributed by atoms with Crippen molar-refractivity contribution in [3.8, 4) is 0 Å². The van der Waals surface area contributed by atoms with Gasteiger partial charge in [0.05, 0.1) is 12.7 Å². The first kappa shape index (κ1) is 15.3. The van der Waals surface area contributed by atoms with Gasteiger partial charge in [-0.25, -0.2) is 0 Å². The number of rotatable bonds is 2. The van der Waals surface area contributed by atoms with Crippen LogP contribution in [0.1, 0.15) is 11.1 Å². The summed E-state index contributed by atoms with van der Waals surface area (Å²) in [6, 6.07) is 3.94. The lowest BCUT2D eigenvalue weighted by atomic mass is 10.0. The van der Waals surface area contributed by atoms with Gasteiger partial charge in [0.2, 0.25) is 0 Å². The molecule has 17 heavy (non-hydrogen) atoms. The van der Waals surface area contributed by atoms with Crippen molar-refractivity contribution in [1.29, 1.82) is 0 Å². The molecule has 96 valence electrons. The molecular formula is C12H16BrCl2NO. The van der Waals surface area contributed by atoms with Crippen LogP contribution in [0.2, 0.25) is 5.02 Å². The molecule has 0 aliphatic carbocycles. The summed E-state index contributed by atoms with van der Waals surface area (Å²) in [5.74, 6) is 0. The van der Waals surface area contributed by atoms with E-state index in [2.05, 4.69) is 28.2 Å². The highest BCUT2D eigenvalue weighted by atomic mass is 79.9. The number of morpholine rings is 1. The first-order valence-electron chi connectivity index (χ1n) is 5.43. The Labute approximate surface area is 122 Å². The molecule has 2 rings (SSSR count). The van der Waals surface area contributed by atoms with Gasteiger partial charge in [0, 0.05) is 29.0 Å². The molecule has 0 saturated carbocycles. The van der Waals surface area contributed by atoms with Gasteiger partial charge in [0.15, 0.2) is 0 Å². The average Bonchev–Trinajstić information content (AvgIpc) is 2.25. The van der Waals surface area contributed by atoms with E-state index in [0.29, 0.717) is 0 Å². The number of hydrogen-bond donors (Lipinski definition) is 1. The Morgan fingerprint density at radius 3 is 2.88 bits per heavy atom. The number of halogens is 3. The summed E-state index contributed by atoms with van der Waals surface area (Å²) >= 11 is 9.56. The Bertz CT molecular complexity index is 358. The second-order valence-electron chi connectivity index (χ2n) is 4.08. The Balaban J connectivity index is 0.00000144. The van der Waals surface area contributed by atoms with Crippen molar-refractivity contribution in [2.24, 2.45) is 0 Å². The molecule has 0 aromatic heterocycles. The quantitative estimate of drug-likeness (QED) is 0.891. The van der Waals surface area contributed by atoms with Crippen molar-refractivity contribution in [2.75, 3.05) is 19.7 Å². The molecule has 0 bridgehead atoms. The highest BCUT2D eigenvalue weighted by Gasteiger charge is 2.16. The van der Waals surface area contributed by atoms with E-state index in [4.69, 9.17) is 16.3 Å². The smallest absolute Gasteiger partial charge is 0.0740 e. The molecule has 1 aromatic rings. The Morgan fingerprint density at radius 1 is 1.53 bits per heavy atom. The van der Waals surface area contributed by atoms with E-state index in [1.54, 1.807) is 0 Å². The zero-order valence-electron chi connectivity index (χ0n) is 9.63. The van der Waals surface area contributed by atoms with Gasteiger partial charge in [-0.2, -0.15) is 0 Å². The monoisotopic (exact) mass is 339 g/mol. The molecule has 1 N–H and O–H groups in total. The normalized spacial score (nSPS) is 19.8. The molecule has 1 fully saturated rings. The van der Waals surface area contributed by atoms with Crippen LogP contribution >= 0.6 is 39.9 Å². The first-order valence-corrected chi connectivity index (χ1v) is 6.61. The van der Waals surface area contributed by atoms with Crippen molar-refractivity contribution in [3.63, 3.8) is 0 Å². The molecule has 1 atom stereocenters.